The molecule has 4 aromatic rings. The van der Waals surface area contributed by atoms with Crippen molar-refractivity contribution < 1.29 is 4.79 Å². The molecule has 1 amide bonds. The van der Waals surface area contributed by atoms with Crippen molar-refractivity contribution in [2.24, 2.45) is 12.0 Å². The third kappa shape index (κ3) is 3.90. The smallest absolute Gasteiger partial charge is 0.271 e. The third-order valence-electron chi connectivity index (χ3n) is 5.45. The summed E-state index contributed by atoms with van der Waals surface area (Å²) in [5, 5.41) is 9.27. The number of carbonyl (C=O) groups excluding carboxylic acids is 1. The second kappa shape index (κ2) is 8.42. The first-order chi connectivity index (χ1) is 15.9. The summed E-state index contributed by atoms with van der Waals surface area (Å²) >= 11 is 2.84. The summed E-state index contributed by atoms with van der Waals surface area (Å²) in [7, 11) is 1.85. The van der Waals surface area contributed by atoms with Crippen LogP contribution in [-0.4, -0.2) is 20.3 Å². The molecule has 166 valence electrons. The van der Waals surface area contributed by atoms with Gasteiger partial charge in [-0.2, -0.15) is 5.10 Å². The molecule has 3 aromatic heterocycles. The molecule has 33 heavy (non-hydrogen) atoms. The normalized spacial score (nSPS) is 16.0. The van der Waals surface area contributed by atoms with Crippen molar-refractivity contribution in [1.82, 2.24) is 14.3 Å². The number of aryl methyl sites for hydroxylation is 2. The number of nitrogens with zero attached hydrogens (tertiary/aromatic N) is 4. The fourth-order valence-electron chi connectivity index (χ4n) is 3.95. The van der Waals surface area contributed by atoms with E-state index in [9.17, 15) is 9.59 Å². The Morgan fingerprint density at radius 2 is 1.94 bits per heavy atom. The zero-order chi connectivity index (χ0) is 23.1. The largest absolute Gasteiger partial charge is 0.322 e. The summed E-state index contributed by atoms with van der Waals surface area (Å²) in [6.45, 7) is 3.73. The van der Waals surface area contributed by atoms with Crippen molar-refractivity contribution >= 4 is 40.3 Å². The Bertz CT molecular complexity index is 1560. The summed E-state index contributed by atoms with van der Waals surface area (Å²) in [6.07, 6.45) is 3.73. The van der Waals surface area contributed by atoms with Crippen molar-refractivity contribution in [2.45, 2.75) is 19.9 Å². The number of carbonyl (C=O) groups is 1. The van der Waals surface area contributed by atoms with Gasteiger partial charge in [-0.05, 0) is 43.5 Å². The molecular formula is C24H21N5O2S2. The van der Waals surface area contributed by atoms with E-state index in [4.69, 9.17) is 0 Å². The van der Waals surface area contributed by atoms with E-state index in [1.807, 2.05) is 81.0 Å². The van der Waals surface area contributed by atoms with Crippen LogP contribution < -0.4 is 20.2 Å². The summed E-state index contributed by atoms with van der Waals surface area (Å²) in [4.78, 5) is 33.1. The van der Waals surface area contributed by atoms with Crippen molar-refractivity contribution in [3.05, 3.63) is 101 Å². The maximum Gasteiger partial charge on any atom is 0.271 e. The van der Waals surface area contributed by atoms with Crippen LogP contribution in [0.4, 0.5) is 5.69 Å². The lowest BCUT2D eigenvalue weighted by atomic mass is 10.0. The van der Waals surface area contributed by atoms with Gasteiger partial charge in [-0.25, -0.2) is 4.99 Å². The van der Waals surface area contributed by atoms with Crippen molar-refractivity contribution in [3.8, 4) is 0 Å². The van der Waals surface area contributed by atoms with Gasteiger partial charge in [0.2, 0.25) is 0 Å². The third-order valence-corrected chi connectivity index (χ3v) is 7.36. The fraction of sp³-hybridized carbons (Fsp3) is 0.167. The number of amides is 1. The van der Waals surface area contributed by atoms with Crippen LogP contribution >= 0.6 is 22.7 Å². The van der Waals surface area contributed by atoms with E-state index in [2.05, 4.69) is 15.4 Å². The van der Waals surface area contributed by atoms with Crippen LogP contribution in [0.15, 0.2) is 75.1 Å². The van der Waals surface area contributed by atoms with E-state index in [-0.39, 0.29) is 11.5 Å². The molecule has 0 fully saturated rings. The second-order valence-corrected chi connectivity index (χ2v) is 9.75. The van der Waals surface area contributed by atoms with E-state index >= 15 is 0 Å². The summed E-state index contributed by atoms with van der Waals surface area (Å²) in [5.41, 5.74) is 3.32. The zero-order valence-corrected chi connectivity index (χ0v) is 19.9. The predicted octanol–water partition coefficient (Wildman–Crippen LogP) is 2.98. The monoisotopic (exact) mass is 475 g/mol. The Morgan fingerprint density at radius 3 is 2.61 bits per heavy atom. The zero-order valence-electron chi connectivity index (χ0n) is 18.3. The predicted molar refractivity (Wildman–Crippen MR) is 131 cm³/mol. The fourth-order valence-corrected chi connectivity index (χ4v) is 5.81. The van der Waals surface area contributed by atoms with Crippen LogP contribution in [0.25, 0.3) is 6.08 Å². The van der Waals surface area contributed by atoms with Gasteiger partial charge >= 0.3 is 0 Å². The van der Waals surface area contributed by atoms with E-state index in [1.165, 1.54) is 22.7 Å². The maximum atomic E-state index is 13.6. The Kier molecular flexibility index (Phi) is 5.43. The van der Waals surface area contributed by atoms with Gasteiger partial charge in [0.05, 0.1) is 21.5 Å². The first-order valence-electron chi connectivity index (χ1n) is 10.3. The standard InChI is InChI=1S/C24H21N5O2S2/c1-14-16(13-28(3)27-14)12-19-23(31)29-21(18-10-7-11-32-18)20(15(2)25-24(29)33-19)22(30)26-17-8-5-4-6-9-17/h4-13,21H,1-3H3,(H,26,30)/t21-/m0/s1. The molecule has 4 heterocycles. The van der Waals surface area contributed by atoms with Gasteiger partial charge < -0.3 is 5.32 Å². The SMILES string of the molecule is CC1=C(C(=O)Nc2ccccc2)[C@H](c2cccs2)n2c(sc(=Cc3cn(C)nc3C)c2=O)=N1. The molecule has 9 heteroatoms. The molecule has 7 nitrogen and oxygen atoms in total. The molecule has 1 aliphatic heterocycles. The second-order valence-electron chi connectivity index (χ2n) is 7.76. The van der Waals surface area contributed by atoms with E-state index in [0.29, 0.717) is 26.3 Å². The number of nitrogens with one attached hydrogen (secondary N) is 1. The molecule has 1 aliphatic rings. The number of hydrogen-bond acceptors (Lipinski definition) is 6. The molecule has 0 radical (unpaired) electrons. The topological polar surface area (TPSA) is 81.3 Å². The molecule has 1 N–H and O–H groups in total. The Labute approximate surface area is 197 Å². The highest BCUT2D eigenvalue weighted by molar-refractivity contribution is 7.10. The lowest BCUT2D eigenvalue weighted by molar-refractivity contribution is -0.113. The number of hydrogen-bond donors (Lipinski definition) is 1. The molecule has 5 rings (SSSR count). The minimum absolute atomic E-state index is 0.169. The molecule has 0 aliphatic carbocycles. The Hall–Kier alpha value is -3.56. The van der Waals surface area contributed by atoms with Crippen LogP contribution in [0.2, 0.25) is 0 Å². The lowest BCUT2D eigenvalue weighted by Crippen LogP contribution is -2.40. The first-order valence-corrected chi connectivity index (χ1v) is 12.0. The van der Waals surface area contributed by atoms with Crippen LogP contribution in [0.3, 0.4) is 0 Å². The highest BCUT2D eigenvalue weighted by atomic mass is 32.1. The highest BCUT2D eigenvalue weighted by Gasteiger charge is 2.33. The summed E-state index contributed by atoms with van der Waals surface area (Å²) in [6, 6.07) is 12.6. The molecule has 0 saturated heterocycles. The quantitative estimate of drug-likeness (QED) is 0.493. The number of anilines is 1. The van der Waals surface area contributed by atoms with Gasteiger partial charge in [-0.3, -0.25) is 18.8 Å². The van der Waals surface area contributed by atoms with E-state index in [1.54, 1.807) is 9.25 Å². The number of fused-ring (bicyclic) bond motifs is 1. The minimum atomic E-state index is -0.540. The van der Waals surface area contributed by atoms with Gasteiger partial charge in [-0.15, -0.1) is 11.3 Å². The van der Waals surface area contributed by atoms with Gasteiger partial charge in [0, 0.05) is 29.4 Å². The molecule has 0 saturated carbocycles. The summed E-state index contributed by atoms with van der Waals surface area (Å²) in [5.74, 6) is -0.266. The number of benzene rings is 1. The first kappa shape index (κ1) is 21.3. The molecule has 0 spiro atoms. The Balaban J connectivity index is 1.66. The van der Waals surface area contributed by atoms with Crippen molar-refractivity contribution in [3.63, 3.8) is 0 Å². The average Bonchev–Trinajstić information content (AvgIpc) is 3.49. The minimum Gasteiger partial charge on any atom is -0.322 e. The van der Waals surface area contributed by atoms with Crippen molar-refractivity contribution in [1.29, 1.82) is 0 Å². The van der Waals surface area contributed by atoms with Gasteiger partial charge in [0.25, 0.3) is 11.5 Å². The van der Waals surface area contributed by atoms with E-state index in [0.717, 1.165) is 16.1 Å². The van der Waals surface area contributed by atoms with Gasteiger partial charge in [-0.1, -0.05) is 35.6 Å². The highest BCUT2D eigenvalue weighted by Crippen LogP contribution is 2.33. The Morgan fingerprint density at radius 1 is 1.15 bits per heavy atom. The van der Waals surface area contributed by atoms with Gasteiger partial charge in [0.1, 0.15) is 6.04 Å². The number of thiophene rings is 1. The van der Waals surface area contributed by atoms with Crippen LogP contribution in [0, 0.1) is 6.92 Å². The summed E-state index contributed by atoms with van der Waals surface area (Å²) < 4.78 is 3.92. The van der Waals surface area contributed by atoms with Gasteiger partial charge in [0.15, 0.2) is 4.80 Å². The van der Waals surface area contributed by atoms with Crippen molar-refractivity contribution in [2.75, 3.05) is 5.32 Å². The molecule has 1 atom stereocenters. The molecule has 0 bridgehead atoms. The maximum absolute atomic E-state index is 13.6. The number of thiazole rings is 1. The average molecular weight is 476 g/mol. The number of para-hydroxylation sites is 1. The molecule has 1 aromatic carbocycles. The number of rotatable bonds is 4. The lowest BCUT2D eigenvalue weighted by Gasteiger charge is -2.24. The molecule has 0 unspecified atom stereocenters. The van der Waals surface area contributed by atoms with Crippen LogP contribution in [-0.2, 0) is 11.8 Å². The van der Waals surface area contributed by atoms with Crippen LogP contribution in [0.1, 0.15) is 29.1 Å². The molecular weight excluding hydrogens is 454 g/mol. The number of aromatic nitrogens is 3. The number of allylic oxidation sites excluding steroid dienone is 1. The van der Waals surface area contributed by atoms with E-state index < -0.39 is 6.04 Å². The van der Waals surface area contributed by atoms with Crippen LogP contribution in [0.5, 0.6) is 0 Å².